The molecule has 9 heteroatoms. The van der Waals surface area contributed by atoms with Crippen LogP contribution in [-0.4, -0.2) is 61.8 Å². The molecule has 2 N–H and O–H groups in total. The highest BCUT2D eigenvalue weighted by atomic mass is 79.9. The van der Waals surface area contributed by atoms with E-state index in [1.165, 1.54) is 36.4 Å². The van der Waals surface area contributed by atoms with E-state index >= 15 is 0 Å². The lowest BCUT2D eigenvalue weighted by atomic mass is 9.84. The van der Waals surface area contributed by atoms with Crippen LogP contribution in [0.15, 0.2) is 21.6 Å². The fourth-order valence-electron chi connectivity index (χ4n) is 5.21. The van der Waals surface area contributed by atoms with Gasteiger partial charge in [0.1, 0.15) is 10.7 Å². The summed E-state index contributed by atoms with van der Waals surface area (Å²) >= 11 is 3.36. The zero-order valence-corrected chi connectivity index (χ0v) is 18.5. The molecule has 156 valence electrons. The van der Waals surface area contributed by atoms with Crippen LogP contribution in [0.1, 0.15) is 38.5 Å². The summed E-state index contributed by atoms with van der Waals surface area (Å²) in [6, 6.07) is 1.23. The number of nitrogens with one attached hydrogen (secondary N) is 1. The maximum absolute atomic E-state index is 13.5. The zero-order valence-electron chi connectivity index (χ0n) is 16.1. The number of hydrogen-bond donors (Lipinski definition) is 2. The van der Waals surface area contributed by atoms with Gasteiger partial charge in [0.2, 0.25) is 10.0 Å². The van der Waals surface area contributed by atoms with Crippen LogP contribution in [0.4, 0.5) is 5.82 Å². The van der Waals surface area contributed by atoms with Crippen molar-refractivity contribution in [2.24, 2.45) is 11.3 Å². The highest BCUT2D eigenvalue weighted by molar-refractivity contribution is 9.10. The third-order valence-corrected chi connectivity index (χ3v) is 8.99. The third-order valence-electron chi connectivity index (χ3n) is 6.63. The number of aliphatic hydroxyl groups excluding tert-OH is 1. The first-order valence-corrected chi connectivity index (χ1v) is 12.1. The molecule has 0 radical (unpaired) electrons. The number of sulfonamides is 1. The van der Waals surface area contributed by atoms with Crippen molar-refractivity contribution in [1.82, 2.24) is 9.29 Å². The summed E-state index contributed by atoms with van der Waals surface area (Å²) in [5.41, 5.74) is 0.281. The van der Waals surface area contributed by atoms with Gasteiger partial charge in [-0.05, 0) is 71.9 Å². The molecule has 3 aliphatic rings. The SMILES string of the molecule is COC[C@H]1C[C@@H](O)CN1S(=O)(=O)c1cc(Br)cnc1NCC12CCC(CC1)C2. The molecule has 1 aliphatic heterocycles. The van der Waals surface area contributed by atoms with Gasteiger partial charge < -0.3 is 15.2 Å². The summed E-state index contributed by atoms with van der Waals surface area (Å²) in [6.45, 7) is 1.09. The molecular weight excluding hydrogens is 446 g/mol. The van der Waals surface area contributed by atoms with E-state index in [9.17, 15) is 13.5 Å². The summed E-state index contributed by atoms with van der Waals surface area (Å²) in [4.78, 5) is 4.54. The maximum Gasteiger partial charge on any atom is 0.247 e. The third kappa shape index (κ3) is 3.84. The molecule has 1 saturated heterocycles. The van der Waals surface area contributed by atoms with Gasteiger partial charge in [0.15, 0.2) is 0 Å². The number of fused-ring (bicyclic) bond motifs is 2. The Bertz CT molecular complexity index is 826. The first-order chi connectivity index (χ1) is 13.3. The number of rotatable bonds is 7. The van der Waals surface area contributed by atoms with E-state index in [2.05, 4.69) is 26.2 Å². The number of ether oxygens (including phenoxy) is 1. The average Bonchev–Trinajstić information content (AvgIpc) is 3.36. The molecule has 3 fully saturated rings. The van der Waals surface area contributed by atoms with Crippen molar-refractivity contribution in [3.8, 4) is 0 Å². The summed E-state index contributed by atoms with van der Waals surface area (Å²) in [6.07, 6.45) is 7.52. The number of methoxy groups -OCH3 is 1. The largest absolute Gasteiger partial charge is 0.392 e. The van der Waals surface area contributed by atoms with Gasteiger partial charge in [-0.2, -0.15) is 4.31 Å². The van der Waals surface area contributed by atoms with Crippen molar-refractivity contribution in [2.75, 3.05) is 32.1 Å². The van der Waals surface area contributed by atoms with Gasteiger partial charge in [0.25, 0.3) is 0 Å². The fraction of sp³-hybridized carbons (Fsp3) is 0.737. The molecule has 2 aliphatic carbocycles. The van der Waals surface area contributed by atoms with Crippen LogP contribution in [-0.2, 0) is 14.8 Å². The van der Waals surface area contributed by atoms with Gasteiger partial charge in [0, 0.05) is 30.9 Å². The molecule has 0 unspecified atom stereocenters. The molecule has 2 heterocycles. The monoisotopic (exact) mass is 473 g/mol. The topological polar surface area (TPSA) is 91.8 Å². The first kappa shape index (κ1) is 20.5. The Balaban J connectivity index is 1.60. The first-order valence-electron chi connectivity index (χ1n) is 9.91. The van der Waals surface area contributed by atoms with E-state index in [0.717, 1.165) is 12.5 Å². The molecule has 1 aromatic heterocycles. The summed E-state index contributed by atoms with van der Waals surface area (Å²) in [7, 11) is -2.28. The smallest absolute Gasteiger partial charge is 0.247 e. The lowest BCUT2D eigenvalue weighted by Gasteiger charge is -2.28. The average molecular weight is 474 g/mol. The highest BCUT2D eigenvalue weighted by Gasteiger charge is 2.45. The van der Waals surface area contributed by atoms with E-state index in [0.29, 0.717) is 16.7 Å². The highest BCUT2D eigenvalue weighted by Crippen LogP contribution is 2.54. The molecule has 7 nitrogen and oxygen atoms in total. The van der Waals surface area contributed by atoms with Crippen LogP contribution >= 0.6 is 15.9 Å². The number of pyridine rings is 1. The van der Waals surface area contributed by atoms with Gasteiger partial charge >= 0.3 is 0 Å². The maximum atomic E-state index is 13.5. The second-order valence-electron chi connectivity index (χ2n) is 8.57. The van der Waals surface area contributed by atoms with Crippen LogP contribution in [0.25, 0.3) is 0 Å². The van der Waals surface area contributed by atoms with E-state index in [1.54, 1.807) is 19.4 Å². The van der Waals surface area contributed by atoms with Crippen molar-refractivity contribution < 1.29 is 18.3 Å². The van der Waals surface area contributed by atoms with Gasteiger partial charge in [-0.25, -0.2) is 13.4 Å². The standard InChI is InChI=1S/C19H28BrN3O4S/c1-27-11-15-7-16(24)10-23(15)28(25,26)17-6-14(20)9-21-18(17)22-12-19-4-2-13(8-19)3-5-19/h6,9,13,15-16,24H,2-5,7-8,10-12H2,1H3,(H,21,22)/t13?,15-,16-,19?/m1/s1. The van der Waals surface area contributed by atoms with Gasteiger partial charge in [-0.3, -0.25) is 0 Å². The van der Waals surface area contributed by atoms with Crippen molar-refractivity contribution in [3.63, 3.8) is 0 Å². The Morgan fingerprint density at radius 3 is 2.82 bits per heavy atom. The molecule has 2 bridgehead atoms. The van der Waals surface area contributed by atoms with Crippen LogP contribution in [0.2, 0.25) is 0 Å². The molecule has 0 spiro atoms. The number of halogens is 1. The van der Waals surface area contributed by atoms with Crippen LogP contribution in [0.3, 0.4) is 0 Å². The van der Waals surface area contributed by atoms with Gasteiger partial charge in [-0.15, -0.1) is 0 Å². The van der Waals surface area contributed by atoms with Crippen LogP contribution < -0.4 is 5.32 Å². The number of anilines is 1. The van der Waals surface area contributed by atoms with E-state index in [-0.39, 0.29) is 29.5 Å². The number of hydrogen-bond acceptors (Lipinski definition) is 6. The Labute approximate surface area is 175 Å². The number of aromatic nitrogens is 1. The Hall–Kier alpha value is -0.740. The molecule has 0 amide bonds. The molecule has 4 rings (SSSR count). The normalized spacial score (nSPS) is 32.9. The minimum absolute atomic E-state index is 0.0773. The molecule has 1 aromatic rings. The number of β-amino-alcohol motifs (C(OH)–C–C–N with tert-alkyl or cyclic N) is 1. The predicted octanol–water partition coefficient (Wildman–Crippen LogP) is 2.61. The van der Waals surface area contributed by atoms with E-state index in [1.807, 2.05) is 0 Å². The fourth-order valence-corrected chi connectivity index (χ4v) is 7.50. The molecule has 28 heavy (non-hydrogen) atoms. The van der Waals surface area contributed by atoms with Crippen molar-refractivity contribution in [2.45, 2.75) is 55.6 Å². The predicted molar refractivity (Wildman–Crippen MR) is 110 cm³/mol. The molecule has 2 atom stereocenters. The Morgan fingerprint density at radius 1 is 1.43 bits per heavy atom. The van der Waals surface area contributed by atoms with Gasteiger partial charge in [0.05, 0.1) is 18.8 Å². The molecular formula is C19H28BrN3O4S. The summed E-state index contributed by atoms with van der Waals surface area (Å²) in [5.74, 6) is 1.23. The van der Waals surface area contributed by atoms with Gasteiger partial charge in [-0.1, -0.05) is 0 Å². The van der Waals surface area contributed by atoms with Crippen LogP contribution in [0, 0.1) is 11.3 Å². The zero-order chi connectivity index (χ0) is 19.9. The lowest BCUT2D eigenvalue weighted by Crippen LogP contribution is -2.39. The lowest BCUT2D eigenvalue weighted by molar-refractivity contribution is 0.145. The second kappa shape index (κ2) is 7.83. The minimum atomic E-state index is -3.82. The van der Waals surface area contributed by atoms with E-state index in [4.69, 9.17) is 4.74 Å². The molecule has 0 aromatic carbocycles. The Morgan fingerprint density at radius 2 is 2.18 bits per heavy atom. The van der Waals surface area contributed by atoms with Crippen molar-refractivity contribution in [3.05, 3.63) is 16.7 Å². The number of nitrogens with zero attached hydrogens (tertiary/aromatic N) is 2. The Kier molecular flexibility index (Phi) is 5.74. The summed E-state index contributed by atoms with van der Waals surface area (Å²) < 4.78 is 34.0. The quantitative estimate of drug-likeness (QED) is 0.632. The second-order valence-corrected chi connectivity index (χ2v) is 11.3. The van der Waals surface area contributed by atoms with E-state index < -0.39 is 16.1 Å². The summed E-state index contributed by atoms with van der Waals surface area (Å²) in [5, 5.41) is 13.4. The van der Waals surface area contributed by atoms with Crippen molar-refractivity contribution in [1.29, 1.82) is 0 Å². The van der Waals surface area contributed by atoms with Crippen molar-refractivity contribution >= 4 is 31.8 Å². The van der Waals surface area contributed by atoms with Crippen LogP contribution in [0.5, 0.6) is 0 Å². The number of aliphatic hydroxyl groups is 1. The minimum Gasteiger partial charge on any atom is -0.392 e. The molecule has 2 saturated carbocycles.